The van der Waals surface area contributed by atoms with Crippen molar-refractivity contribution >= 4 is 5.96 Å². The molecule has 1 saturated heterocycles. The molecule has 0 aliphatic carbocycles. The van der Waals surface area contributed by atoms with E-state index in [1.54, 1.807) is 0 Å². The lowest BCUT2D eigenvalue weighted by Crippen LogP contribution is -2.52. The van der Waals surface area contributed by atoms with Crippen molar-refractivity contribution in [3.8, 4) is 0 Å². The highest BCUT2D eigenvalue weighted by Gasteiger charge is 2.24. The van der Waals surface area contributed by atoms with Gasteiger partial charge < -0.3 is 20.6 Å². The van der Waals surface area contributed by atoms with E-state index in [1.807, 2.05) is 18.7 Å². The van der Waals surface area contributed by atoms with Gasteiger partial charge in [-0.2, -0.15) is 0 Å². The highest BCUT2D eigenvalue weighted by atomic mass is 16.5. The molecule has 1 rings (SSSR count). The van der Waals surface area contributed by atoms with E-state index in [0.29, 0.717) is 13.2 Å². The zero-order valence-corrected chi connectivity index (χ0v) is 7.40. The van der Waals surface area contributed by atoms with Crippen molar-refractivity contribution in [2.45, 2.75) is 26.0 Å². The SMILES string of the molecule is CC1CN(C(N)=NO)C(C)CO1. The Balaban J connectivity index is 2.60. The number of oxime groups is 1. The molecule has 0 aromatic heterocycles. The molecule has 1 aliphatic heterocycles. The van der Waals surface area contributed by atoms with E-state index in [-0.39, 0.29) is 18.1 Å². The molecule has 0 bridgehead atoms. The van der Waals surface area contributed by atoms with Crippen LogP contribution < -0.4 is 5.73 Å². The summed E-state index contributed by atoms with van der Waals surface area (Å²) >= 11 is 0. The minimum Gasteiger partial charge on any atom is -0.408 e. The van der Waals surface area contributed by atoms with Gasteiger partial charge in [-0.1, -0.05) is 5.16 Å². The first-order valence-electron chi connectivity index (χ1n) is 4.01. The first kappa shape index (κ1) is 9.12. The summed E-state index contributed by atoms with van der Waals surface area (Å²) in [6.07, 6.45) is 0.140. The molecule has 12 heavy (non-hydrogen) atoms. The fourth-order valence-electron chi connectivity index (χ4n) is 1.28. The lowest BCUT2D eigenvalue weighted by molar-refractivity contribution is -0.0237. The average molecular weight is 173 g/mol. The molecule has 1 fully saturated rings. The molecular weight excluding hydrogens is 158 g/mol. The van der Waals surface area contributed by atoms with Crippen molar-refractivity contribution in [3.05, 3.63) is 0 Å². The molecule has 1 heterocycles. The van der Waals surface area contributed by atoms with Gasteiger partial charge in [-0.3, -0.25) is 0 Å². The Kier molecular flexibility index (Phi) is 2.75. The largest absolute Gasteiger partial charge is 0.408 e. The third kappa shape index (κ3) is 1.79. The van der Waals surface area contributed by atoms with Gasteiger partial charge in [0.25, 0.3) is 0 Å². The van der Waals surface area contributed by atoms with Crippen LogP contribution in [-0.4, -0.2) is 41.4 Å². The molecule has 5 nitrogen and oxygen atoms in total. The van der Waals surface area contributed by atoms with E-state index in [1.165, 1.54) is 0 Å². The topological polar surface area (TPSA) is 71.1 Å². The van der Waals surface area contributed by atoms with Gasteiger partial charge in [-0.15, -0.1) is 0 Å². The van der Waals surface area contributed by atoms with E-state index < -0.39 is 0 Å². The lowest BCUT2D eigenvalue weighted by Gasteiger charge is -2.36. The molecule has 5 heteroatoms. The molecule has 2 unspecified atom stereocenters. The Labute approximate surface area is 71.8 Å². The summed E-state index contributed by atoms with van der Waals surface area (Å²) in [5.74, 6) is 0.164. The summed E-state index contributed by atoms with van der Waals surface area (Å²) in [6.45, 7) is 5.24. The second kappa shape index (κ2) is 3.62. The first-order chi connectivity index (χ1) is 5.65. The molecule has 0 saturated carbocycles. The summed E-state index contributed by atoms with van der Waals surface area (Å²) in [5, 5.41) is 11.4. The lowest BCUT2D eigenvalue weighted by atomic mass is 10.2. The smallest absolute Gasteiger partial charge is 0.233 e. The number of nitrogens with zero attached hydrogens (tertiary/aromatic N) is 2. The third-order valence-corrected chi connectivity index (χ3v) is 2.00. The second-order valence-electron chi connectivity index (χ2n) is 3.10. The minimum absolute atomic E-state index is 0.140. The van der Waals surface area contributed by atoms with Crippen LogP contribution in [0.1, 0.15) is 13.8 Å². The van der Waals surface area contributed by atoms with Crippen molar-refractivity contribution in [1.29, 1.82) is 0 Å². The molecule has 0 spiro atoms. The number of nitrogens with two attached hydrogens (primary N) is 1. The van der Waals surface area contributed by atoms with Gasteiger partial charge in [0.15, 0.2) is 0 Å². The number of guanidine groups is 1. The highest BCUT2D eigenvalue weighted by molar-refractivity contribution is 5.77. The van der Waals surface area contributed by atoms with Crippen LogP contribution in [0, 0.1) is 0 Å². The van der Waals surface area contributed by atoms with Crippen LogP contribution in [0.3, 0.4) is 0 Å². The molecule has 70 valence electrons. The quantitative estimate of drug-likeness (QED) is 0.230. The molecule has 1 aliphatic rings. The minimum atomic E-state index is 0.140. The van der Waals surface area contributed by atoms with E-state index in [4.69, 9.17) is 15.7 Å². The normalized spacial score (nSPS) is 32.2. The maximum atomic E-state index is 8.47. The summed E-state index contributed by atoms with van der Waals surface area (Å²) in [4.78, 5) is 1.83. The van der Waals surface area contributed by atoms with Gasteiger partial charge >= 0.3 is 0 Å². The van der Waals surface area contributed by atoms with E-state index in [2.05, 4.69) is 5.16 Å². The van der Waals surface area contributed by atoms with Crippen LogP contribution in [0.4, 0.5) is 0 Å². The van der Waals surface area contributed by atoms with Crippen molar-refractivity contribution in [2.75, 3.05) is 13.2 Å². The molecule has 0 aromatic rings. The van der Waals surface area contributed by atoms with E-state index in [0.717, 1.165) is 0 Å². The maximum absolute atomic E-state index is 8.47. The molecule has 2 atom stereocenters. The van der Waals surface area contributed by atoms with Crippen LogP contribution in [0.5, 0.6) is 0 Å². The average Bonchev–Trinajstić information content (AvgIpc) is 2.08. The Bertz CT molecular complexity index is 183. The molecule has 0 radical (unpaired) electrons. The van der Waals surface area contributed by atoms with Crippen molar-refractivity contribution in [2.24, 2.45) is 10.9 Å². The van der Waals surface area contributed by atoms with Gasteiger partial charge in [-0.05, 0) is 13.8 Å². The fraction of sp³-hybridized carbons (Fsp3) is 0.857. The van der Waals surface area contributed by atoms with Gasteiger partial charge in [0.05, 0.1) is 18.8 Å². The van der Waals surface area contributed by atoms with Crippen LogP contribution in [0.25, 0.3) is 0 Å². The van der Waals surface area contributed by atoms with Crippen LogP contribution in [-0.2, 0) is 4.74 Å². The first-order valence-corrected chi connectivity index (χ1v) is 4.01. The van der Waals surface area contributed by atoms with Crippen molar-refractivity contribution in [1.82, 2.24) is 4.90 Å². The summed E-state index contributed by atoms with van der Waals surface area (Å²) in [6, 6.07) is 0.178. The maximum Gasteiger partial charge on any atom is 0.233 e. The Morgan fingerprint density at radius 2 is 2.33 bits per heavy atom. The summed E-state index contributed by atoms with van der Waals surface area (Å²) in [5.41, 5.74) is 5.47. The third-order valence-electron chi connectivity index (χ3n) is 2.00. The van der Waals surface area contributed by atoms with Crippen LogP contribution in [0.2, 0.25) is 0 Å². The Hall–Kier alpha value is -0.970. The number of hydrogen-bond donors (Lipinski definition) is 2. The Morgan fingerprint density at radius 3 is 2.92 bits per heavy atom. The number of morpholine rings is 1. The van der Waals surface area contributed by atoms with Gasteiger partial charge in [-0.25, -0.2) is 0 Å². The number of rotatable bonds is 0. The van der Waals surface area contributed by atoms with Crippen molar-refractivity contribution < 1.29 is 9.94 Å². The van der Waals surface area contributed by atoms with Crippen LogP contribution >= 0.6 is 0 Å². The van der Waals surface area contributed by atoms with Crippen molar-refractivity contribution in [3.63, 3.8) is 0 Å². The summed E-state index contributed by atoms with van der Waals surface area (Å²) < 4.78 is 5.38. The molecule has 0 aromatic carbocycles. The molecule has 0 amide bonds. The van der Waals surface area contributed by atoms with Crippen LogP contribution in [0.15, 0.2) is 5.16 Å². The fourth-order valence-corrected chi connectivity index (χ4v) is 1.28. The monoisotopic (exact) mass is 173 g/mol. The predicted octanol–water partition coefficient (Wildman–Crippen LogP) is -0.200. The zero-order valence-electron chi connectivity index (χ0n) is 7.40. The summed E-state index contributed by atoms with van der Waals surface area (Å²) in [7, 11) is 0. The molecular formula is C7H15N3O2. The van der Waals surface area contributed by atoms with Gasteiger partial charge in [0.1, 0.15) is 0 Å². The second-order valence-corrected chi connectivity index (χ2v) is 3.10. The predicted molar refractivity (Wildman–Crippen MR) is 45.0 cm³/mol. The zero-order chi connectivity index (χ0) is 9.14. The molecule has 3 N–H and O–H groups in total. The van der Waals surface area contributed by atoms with Gasteiger partial charge in [0, 0.05) is 6.54 Å². The van der Waals surface area contributed by atoms with E-state index >= 15 is 0 Å². The van der Waals surface area contributed by atoms with E-state index in [9.17, 15) is 0 Å². The number of hydrogen-bond acceptors (Lipinski definition) is 3. The highest BCUT2D eigenvalue weighted by Crippen LogP contribution is 2.10. The van der Waals surface area contributed by atoms with Gasteiger partial charge in [0.2, 0.25) is 5.96 Å². The Morgan fingerprint density at radius 1 is 1.67 bits per heavy atom. The number of ether oxygens (including phenoxy) is 1. The standard InChI is InChI=1S/C7H15N3O2/c1-5-4-12-6(2)3-10(5)7(8)9-11/h5-6,11H,3-4H2,1-2H3,(H2,8,9).